The van der Waals surface area contributed by atoms with Gasteiger partial charge in [-0.1, -0.05) is 12.1 Å². The lowest BCUT2D eigenvalue weighted by Gasteiger charge is -2.36. The van der Waals surface area contributed by atoms with Gasteiger partial charge >= 0.3 is 0 Å². The van der Waals surface area contributed by atoms with Gasteiger partial charge in [-0.2, -0.15) is 4.37 Å². The molecule has 0 radical (unpaired) electrons. The Hall–Kier alpha value is -1.62. The Balaban J connectivity index is 1.70. The quantitative estimate of drug-likeness (QED) is 0.850. The molecule has 0 spiro atoms. The topological polar surface area (TPSA) is 32.3 Å². The van der Waals surface area contributed by atoms with Crippen molar-refractivity contribution in [2.24, 2.45) is 0 Å². The van der Waals surface area contributed by atoms with Crippen LogP contribution in [0.15, 0.2) is 18.2 Å². The molecule has 0 N–H and O–H groups in total. The predicted octanol–water partition coefficient (Wildman–Crippen LogP) is 2.79. The van der Waals surface area contributed by atoms with E-state index in [2.05, 4.69) is 51.2 Å². The molecule has 106 valence electrons. The highest BCUT2D eigenvalue weighted by Gasteiger charge is 2.20. The minimum atomic E-state index is 0.877. The Bertz CT molecular complexity index is 600. The number of nitrogens with zero attached hydrogens (tertiary/aromatic N) is 4. The van der Waals surface area contributed by atoms with Crippen molar-refractivity contribution >= 4 is 22.4 Å². The molecule has 1 aliphatic rings. The normalized spacial score (nSPS) is 15.8. The first-order valence-corrected chi connectivity index (χ1v) is 7.78. The molecule has 3 rings (SSSR count). The Labute approximate surface area is 124 Å². The van der Waals surface area contributed by atoms with Crippen LogP contribution in [0.4, 0.5) is 10.8 Å². The number of rotatable bonds is 2. The molecule has 2 aromatic rings. The second kappa shape index (κ2) is 5.40. The fraction of sp³-hybridized carbons (Fsp3) is 0.467. The lowest BCUT2D eigenvalue weighted by atomic mass is 10.1. The van der Waals surface area contributed by atoms with E-state index in [1.807, 2.05) is 6.92 Å². The average Bonchev–Trinajstić information content (AvgIpc) is 2.88. The molecule has 0 amide bonds. The number of anilines is 2. The molecule has 0 unspecified atom stereocenters. The van der Waals surface area contributed by atoms with E-state index < -0.39 is 0 Å². The molecule has 1 saturated heterocycles. The van der Waals surface area contributed by atoms with Gasteiger partial charge in [0.1, 0.15) is 5.82 Å². The van der Waals surface area contributed by atoms with Gasteiger partial charge in [0.25, 0.3) is 0 Å². The third kappa shape index (κ3) is 2.63. The number of aryl methyl sites for hydroxylation is 3. The highest BCUT2D eigenvalue weighted by atomic mass is 32.1. The van der Waals surface area contributed by atoms with Crippen molar-refractivity contribution in [1.29, 1.82) is 0 Å². The SMILES string of the molecule is Cc1ccc(C)c(N2CCN(c3nc(C)ns3)CC2)c1. The number of hydrogen-bond acceptors (Lipinski definition) is 5. The second-order valence-electron chi connectivity index (χ2n) is 5.39. The van der Waals surface area contributed by atoms with Crippen LogP contribution in [0.2, 0.25) is 0 Å². The standard InChI is InChI=1S/C15H20N4S/c1-11-4-5-12(2)14(10-11)18-6-8-19(9-7-18)15-16-13(3)17-20-15/h4-5,10H,6-9H2,1-3H3. The van der Waals surface area contributed by atoms with E-state index >= 15 is 0 Å². The molecule has 1 aromatic carbocycles. The first-order valence-electron chi connectivity index (χ1n) is 7.01. The van der Waals surface area contributed by atoms with Crippen molar-refractivity contribution in [3.05, 3.63) is 35.2 Å². The predicted molar refractivity (Wildman–Crippen MR) is 85.0 cm³/mol. The lowest BCUT2D eigenvalue weighted by Crippen LogP contribution is -2.46. The smallest absolute Gasteiger partial charge is 0.205 e. The number of benzene rings is 1. The highest BCUT2D eigenvalue weighted by molar-refractivity contribution is 7.09. The summed E-state index contributed by atoms with van der Waals surface area (Å²) in [6, 6.07) is 6.68. The van der Waals surface area contributed by atoms with Gasteiger partial charge in [-0.25, -0.2) is 4.98 Å². The molecular formula is C15H20N4S. The van der Waals surface area contributed by atoms with Gasteiger partial charge in [0.2, 0.25) is 5.13 Å². The summed E-state index contributed by atoms with van der Waals surface area (Å²) in [5, 5.41) is 1.06. The Morgan fingerprint density at radius 3 is 2.35 bits per heavy atom. The molecule has 1 fully saturated rings. The van der Waals surface area contributed by atoms with Crippen LogP contribution in [0.1, 0.15) is 17.0 Å². The first kappa shape index (κ1) is 13.4. The van der Waals surface area contributed by atoms with E-state index in [-0.39, 0.29) is 0 Å². The van der Waals surface area contributed by atoms with Gasteiger partial charge < -0.3 is 9.80 Å². The third-order valence-corrected chi connectivity index (χ3v) is 4.64. The highest BCUT2D eigenvalue weighted by Crippen LogP contribution is 2.25. The van der Waals surface area contributed by atoms with Crippen molar-refractivity contribution in [2.45, 2.75) is 20.8 Å². The Morgan fingerprint density at radius 2 is 1.70 bits per heavy atom. The molecule has 2 heterocycles. The van der Waals surface area contributed by atoms with Gasteiger partial charge in [-0.05, 0) is 38.0 Å². The summed E-state index contributed by atoms with van der Waals surface area (Å²) in [6.07, 6.45) is 0. The third-order valence-electron chi connectivity index (χ3n) is 3.77. The molecule has 0 bridgehead atoms. The van der Waals surface area contributed by atoms with Crippen LogP contribution in [0.25, 0.3) is 0 Å². The second-order valence-corrected chi connectivity index (χ2v) is 6.12. The van der Waals surface area contributed by atoms with Gasteiger partial charge in [0.05, 0.1) is 0 Å². The molecule has 0 atom stereocenters. The summed E-state index contributed by atoms with van der Waals surface area (Å²) in [6.45, 7) is 10.4. The zero-order chi connectivity index (χ0) is 14.1. The number of hydrogen-bond donors (Lipinski definition) is 0. The number of aromatic nitrogens is 2. The molecule has 1 aliphatic heterocycles. The molecule has 20 heavy (non-hydrogen) atoms. The summed E-state index contributed by atoms with van der Waals surface area (Å²) in [7, 11) is 0. The van der Waals surface area contributed by atoms with Crippen molar-refractivity contribution in [1.82, 2.24) is 9.36 Å². The maximum absolute atomic E-state index is 4.48. The summed E-state index contributed by atoms with van der Waals surface area (Å²) in [4.78, 5) is 9.30. The molecule has 4 nitrogen and oxygen atoms in total. The van der Waals surface area contributed by atoms with Crippen LogP contribution in [0, 0.1) is 20.8 Å². The molecule has 1 aromatic heterocycles. The van der Waals surface area contributed by atoms with Gasteiger partial charge in [0, 0.05) is 43.4 Å². The largest absolute Gasteiger partial charge is 0.368 e. The minimum Gasteiger partial charge on any atom is -0.368 e. The van der Waals surface area contributed by atoms with Crippen molar-refractivity contribution in [2.75, 3.05) is 36.0 Å². The van der Waals surface area contributed by atoms with E-state index in [9.17, 15) is 0 Å². The summed E-state index contributed by atoms with van der Waals surface area (Å²) < 4.78 is 4.27. The van der Waals surface area contributed by atoms with Gasteiger partial charge in [0.15, 0.2) is 0 Å². The summed E-state index contributed by atoms with van der Waals surface area (Å²) >= 11 is 1.51. The zero-order valence-corrected chi connectivity index (χ0v) is 13.1. The van der Waals surface area contributed by atoms with Crippen LogP contribution in [0.3, 0.4) is 0 Å². The van der Waals surface area contributed by atoms with E-state index in [4.69, 9.17) is 0 Å². The first-order chi connectivity index (χ1) is 9.63. The van der Waals surface area contributed by atoms with E-state index in [0.29, 0.717) is 0 Å². The van der Waals surface area contributed by atoms with Crippen molar-refractivity contribution in [3.8, 4) is 0 Å². The van der Waals surface area contributed by atoms with Gasteiger partial charge in [-0.15, -0.1) is 0 Å². The monoisotopic (exact) mass is 288 g/mol. The maximum atomic E-state index is 4.48. The zero-order valence-electron chi connectivity index (χ0n) is 12.3. The fourth-order valence-electron chi connectivity index (χ4n) is 2.61. The van der Waals surface area contributed by atoms with E-state index in [1.165, 1.54) is 28.3 Å². The molecular weight excluding hydrogens is 268 g/mol. The van der Waals surface area contributed by atoms with E-state index in [1.54, 1.807) is 0 Å². The summed E-state index contributed by atoms with van der Waals surface area (Å²) in [5.74, 6) is 0.877. The van der Waals surface area contributed by atoms with Crippen LogP contribution in [-0.2, 0) is 0 Å². The number of piperazine rings is 1. The van der Waals surface area contributed by atoms with Crippen LogP contribution in [-0.4, -0.2) is 35.5 Å². The molecule has 0 aliphatic carbocycles. The Morgan fingerprint density at radius 1 is 1.00 bits per heavy atom. The minimum absolute atomic E-state index is 0.877. The van der Waals surface area contributed by atoms with Crippen LogP contribution < -0.4 is 9.80 Å². The average molecular weight is 288 g/mol. The summed E-state index contributed by atoms with van der Waals surface area (Å²) in [5.41, 5.74) is 4.06. The van der Waals surface area contributed by atoms with Crippen molar-refractivity contribution < 1.29 is 0 Å². The lowest BCUT2D eigenvalue weighted by molar-refractivity contribution is 0.650. The maximum Gasteiger partial charge on any atom is 0.205 e. The van der Waals surface area contributed by atoms with E-state index in [0.717, 1.165) is 37.1 Å². The van der Waals surface area contributed by atoms with Crippen LogP contribution >= 0.6 is 11.5 Å². The molecule has 5 heteroatoms. The van der Waals surface area contributed by atoms with Crippen molar-refractivity contribution in [3.63, 3.8) is 0 Å². The van der Waals surface area contributed by atoms with Gasteiger partial charge in [-0.3, -0.25) is 0 Å². The fourth-order valence-corrected chi connectivity index (χ4v) is 3.34. The van der Waals surface area contributed by atoms with Crippen LogP contribution in [0.5, 0.6) is 0 Å². The molecule has 0 saturated carbocycles. The Kier molecular flexibility index (Phi) is 3.61.